The molecule has 1 aliphatic carbocycles. The van der Waals surface area contributed by atoms with Crippen LogP contribution < -0.4 is 24.8 Å². The van der Waals surface area contributed by atoms with Crippen LogP contribution in [0, 0.1) is 0 Å². The number of hydrogen-bond donors (Lipinski definition) is 2. The Morgan fingerprint density at radius 3 is 2.00 bits per heavy atom. The van der Waals surface area contributed by atoms with Gasteiger partial charge in [0.15, 0.2) is 11.5 Å². The number of hydrogen-bond acceptors (Lipinski definition) is 5. The lowest BCUT2D eigenvalue weighted by Gasteiger charge is -2.16. The fraction of sp³-hybridized carbons (Fsp3) is 0.579. The standard InChI is InChI=1S/C19H28N2O5/c1-24-15-10-14(11-16(25-2)19(15)26-3)21-18(23)12-17(22)20-13-8-6-4-5-7-9-13/h10-11,13H,4-9,12H2,1-3H3,(H,20,22)(H,21,23). The van der Waals surface area contributed by atoms with E-state index >= 15 is 0 Å². The molecular weight excluding hydrogens is 336 g/mol. The van der Waals surface area contributed by atoms with Crippen molar-refractivity contribution >= 4 is 17.5 Å². The van der Waals surface area contributed by atoms with E-state index in [0.717, 1.165) is 25.7 Å². The quantitative estimate of drug-likeness (QED) is 0.574. The molecule has 7 nitrogen and oxygen atoms in total. The second kappa shape index (κ2) is 9.89. The third-order valence-corrected chi connectivity index (χ3v) is 4.49. The average molecular weight is 364 g/mol. The first-order chi connectivity index (χ1) is 12.6. The molecule has 2 amide bonds. The van der Waals surface area contributed by atoms with Gasteiger partial charge in [0.25, 0.3) is 0 Å². The number of anilines is 1. The number of benzene rings is 1. The maximum absolute atomic E-state index is 12.2. The zero-order valence-corrected chi connectivity index (χ0v) is 15.7. The largest absolute Gasteiger partial charge is 0.493 e. The Morgan fingerprint density at radius 1 is 0.923 bits per heavy atom. The molecule has 1 fully saturated rings. The summed E-state index contributed by atoms with van der Waals surface area (Å²) in [6.45, 7) is 0. The van der Waals surface area contributed by atoms with E-state index in [1.54, 1.807) is 12.1 Å². The fourth-order valence-corrected chi connectivity index (χ4v) is 3.21. The molecule has 0 saturated heterocycles. The van der Waals surface area contributed by atoms with E-state index in [1.165, 1.54) is 34.2 Å². The summed E-state index contributed by atoms with van der Waals surface area (Å²) in [5.41, 5.74) is 0.478. The molecule has 1 saturated carbocycles. The van der Waals surface area contributed by atoms with Gasteiger partial charge in [-0.25, -0.2) is 0 Å². The third-order valence-electron chi connectivity index (χ3n) is 4.49. The van der Waals surface area contributed by atoms with Gasteiger partial charge in [0.1, 0.15) is 6.42 Å². The van der Waals surface area contributed by atoms with E-state index in [4.69, 9.17) is 14.2 Å². The molecule has 7 heteroatoms. The van der Waals surface area contributed by atoms with Crippen LogP contribution in [0.3, 0.4) is 0 Å². The van der Waals surface area contributed by atoms with Crippen molar-refractivity contribution in [2.75, 3.05) is 26.6 Å². The second-order valence-electron chi connectivity index (χ2n) is 6.39. The normalized spacial score (nSPS) is 14.9. The minimum atomic E-state index is -0.384. The zero-order chi connectivity index (χ0) is 18.9. The van der Waals surface area contributed by atoms with E-state index < -0.39 is 0 Å². The first kappa shape index (κ1) is 19.9. The summed E-state index contributed by atoms with van der Waals surface area (Å²) < 4.78 is 15.8. The van der Waals surface area contributed by atoms with Gasteiger partial charge >= 0.3 is 0 Å². The van der Waals surface area contributed by atoms with Crippen LogP contribution >= 0.6 is 0 Å². The molecule has 0 aromatic heterocycles. The molecule has 0 unspecified atom stereocenters. The van der Waals surface area contributed by atoms with Crippen molar-refractivity contribution in [3.05, 3.63) is 12.1 Å². The number of nitrogens with one attached hydrogen (secondary N) is 2. The maximum atomic E-state index is 12.2. The van der Waals surface area contributed by atoms with Crippen molar-refractivity contribution in [2.45, 2.75) is 51.0 Å². The van der Waals surface area contributed by atoms with E-state index in [9.17, 15) is 9.59 Å². The maximum Gasteiger partial charge on any atom is 0.233 e. The molecule has 0 bridgehead atoms. The Balaban J connectivity index is 1.95. The smallest absolute Gasteiger partial charge is 0.233 e. The van der Waals surface area contributed by atoms with Crippen LogP contribution in [0.4, 0.5) is 5.69 Å². The Morgan fingerprint density at radius 2 is 1.50 bits per heavy atom. The highest BCUT2D eigenvalue weighted by atomic mass is 16.5. The van der Waals surface area contributed by atoms with Gasteiger partial charge in [-0.3, -0.25) is 9.59 Å². The molecule has 0 atom stereocenters. The summed E-state index contributed by atoms with van der Waals surface area (Å²) in [5.74, 6) is 0.682. The number of rotatable bonds is 7. The Labute approximate surface area is 154 Å². The van der Waals surface area contributed by atoms with E-state index in [0.29, 0.717) is 22.9 Å². The Kier molecular flexibility index (Phi) is 7.56. The molecule has 0 spiro atoms. The van der Waals surface area contributed by atoms with E-state index in [-0.39, 0.29) is 24.3 Å². The van der Waals surface area contributed by atoms with Gasteiger partial charge in [0, 0.05) is 23.9 Å². The summed E-state index contributed by atoms with van der Waals surface area (Å²) in [4.78, 5) is 24.3. The van der Waals surface area contributed by atoms with E-state index in [2.05, 4.69) is 10.6 Å². The van der Waals surface area contributed by atoms with Crippen LogP contribution in [0.1, 0.15) is 44.9 Å². The van der Waals surface area contributed by atoms with Crippen molar-refractivity contribution in [1.29, 1.82) is 0 Å². The molecule has 1 aromatic rings. The van der Waals surface area contributed by atoms with Gasteiger partial charge in [-0.05, 0) is 12.8 Å². The highest BCUT2D eigenvalue weighted by Crippen LogP contribution is 2.39. The van der Waals surface area contributed by atoms with Crippen molar-refractivity contribution < 1.29 is 23.8 Å². The van der Waals surface area contributed by atoms with Gasteiger partial charge in [0.2, 0.25) is 17.6 Å². The molecule has 1 aliphatic rings. The van der Waals surface area contributed by atoms with Crippen molar-refractivity contribution in [3.8, 4) is 17.2 Å². The molecule has 0 radical (unpaired) electrons. The van der Waals surface area contributed by atoms with Gasteiger partial charge in [-0.2, -0.15) is 0 Å². The van der Waals surface area contributed by atoms with Gasteiger partial charge in [-0.1, -0.05) is 25.7 Å². The predicted octanol–water partition coefficient (Wildman–Crippen LogP) is 2.88. The van der Waals surface area contributed by atoms with Gasteiger partial charge in [-0.15, -0.1) is 0 Å². The lowest BCUT2D eigenvalue weighted by Crippen LogP contribution is -2.36. The van der Waals surface area contributed by atoms with Crippen LogP contribution in [-0.2, 0) is 9.59 Å². The van der Waals surface area contributed by atoms with Crippen LogP contribution in [0.15, 0.2) is 12.1 Å². The first-order valence-corrected chi connectivity index (χ1v) is 8.96. The Bertz CT molecular complexity index is 599. The second-order valence-corrected chi connectivity index (χ2v) is 6.39. The highest BCUT2D eigenvalue weighted by molar-refractivity contribution is 6.03. The molecule has 1 aromatic carbocycles. The number of carbonyl (C=O) groups excluding carboxylic acids is 2. The summed E-state index contributed by atoms with van der Waals surface area (Å²) in [5, 5.41) is 5.68. The third kappa shape index (κ3) is 5.54. The SMILES string of the molecule is COc1cc(NC(=O)CC(=O)NC2CCCCCC2)cc(OC)c1OC. The van der Waals surface area contributed by atoms with Crippen molar-refractivity contribution in [2.24, 2.45) is 0 Å². The number of carbonyl (C=O) groups is 2. The van der Waals surface area contributed by atoms with Gasteiger partial charge in [0.05, 0.1) is 21.3 Å². The van der Waals surface area contributed by atoms with Crippen LogP contribution in [0.25, 0.3) is 0 Å². The Hall–Kier alpha value is -2.44. The molecular formula is C19H28N2O5. The molecule has 0 aliphatic heterocycles. The molecule has 26 heavy (non-hydrogen) atoms. The highest BCUT2D eigenvalue weighted by Gasteiger charge is 2.18. The topological polar surface area (TPSA) is 85.9 Å². The number of amides is 2. The van der Waals surface area contributed by atoms with Crippen molar-refractivity contribution in [3.63, 3.8) is 0 Å². The van der Waals surface area contributed by atoms with Crippen molar-refractivity contribution in [1.82, 2.24) is 5.32 Å². The lowest BCUT2D eigenvalue weighted by molar-refractivity contribution is -0.127. The lowest BCUT2D eigenvalue weighted by atomic mass is 10.1. The van der Waals surface area contributed by atoms with Crippen LogP contribution in [-0.4, -0.2) is 39.2 Å². The minimum Gasteiger partial charge on any atom is -0.493 e. The van der Waals surface area contributed by atoms with Crippen LogP contribution in [0.5, 0.6) is 17.2 Å². The summed E-state index contributed by atoms with van der Waals surface area (Å²) in [6.07, 6.45) is 6.45. The molecule has 144 valence electrons. The first-order valence-electron chi connectivity index (χ1n) is 8.96. The van der Waals surface area contributed by atoms with Crippen LogP contribution in [0.2, 0.25) is 0 Å². The summed E-state index contributed by atoms with van der Waals surface area (Å²) in [6, 6.07) is 3.43. The fourth-order valence-electron chi connectivity index (χ4n) is 3.21. The summed E-state index contributed by atoms with van der Waals surface area (Å²) in [7, 11) is 4.52. The number of ether oxygens (including phenoxy) is 3. The number of methoxy groups -OCH3 is 3. The molecule has 0 heterocycles. The minimum absolute atomic E-state index is 0.180. The summed E-state index contributed by atoms with van der Waals surface area (Å²) >= 11 is 0. The molecule has 2 rings (SSSR count). The zero-order valence-electron chi connectivity index (χ0n) is 15.7. The van der Waals surface area contributed by atoms with E-state index in [1.807, 2.05) is 0 Å². The average Bonchev–Trinajstić information content (AvgIpc) is 2.89. The van der Waals surface area contributed by atoms with Gasteiger partial charge < -0.3 is 24.8 Å². The predicted molar refractivity (Wildman–Crippen MR) is 99.0 cm³/mol. The monoisotopic (exact) mass is 364 g/mol. The molecule has 2 N–H and O–H groups in total.